The van der Waals surface area contributed by atoms with E-state index in [-0.39, 0.29) is 12.3 Å². The molecule has 140 valence electrons. The summed E-state index contributed by atoms with van der Waals surface area (Å²) in [5.74, 6) is 0.826. The number of aryl methyl sites for hydroxylation is 3. The molecule has 1 aliphatic rings. The van der Waals surface area contributed by atoms with Gasteiger partial charge < -0.3 is 5.11 Å². The van der Waals surface area contributed by atoms with Gasteiger partial charge in [0.25, 0.3) is 0 Å². The summed E-state index contributed by atoms with van der Waals surface area (Å²) < 4.78 is 3.29. The van der Waals surface area contributed by atoms with E-state index in [1.807, 2.05) is 13.8 Å². The van der Waals surface area contributed by atoms with Crippen LogP contribution in [0.5, 0.6) is 0 Å². The molecular formula is C18H25N5O3. The summed E-state index contributed by atoms with van der Waals surface area (Å²) in [6.07, 6.45) is 5.00. The van der Waals surface area contributed by atoms with Crippen molar-refractivity contribution in [3.05, 3.63) is 28.6 Å². The van der Waals surface area contributed by atoms with E-state index < -0.39 is 5.97 Å². The van der Waals surface area contributed by atoms with Crippen molar-refractivity contribution >= 4 is 11.8 Å². The van der Waals surface area contributed by atoms with Crippen LogP contribution in [0.15, 0.2) is 0 Å². The minimum atomic E-state index is -0.931. The normalized spacial score (nSPS) is 14.9. The molecule has 0 spiro atoms. The molecule has 0 aromatic carbocycles. The lowest BCUT2D eigenvalue weighted by Gasteiger charge is -2.05. The van der Waals surface area contributed by atoms with Gasteiger partial charge in [0.2, 0.25) is 0 Å². The second-order valence-corrected chi connectivity index (χ2v) is 6.99. The predicted octanol–water partition coefficient (Wildman–Crippen LogP) is 2.28. The molecule has 26 heavy (non-hydrogen) atoms. The van der Waals surface area contributed by atoms with Gasteiger partial charge in [-0.2, -0.15) is 10.2 Å². The molecule has 2 aromatic rings. The Labute approximate surface area is 152 Å². The van der Waals surface area contributed by atoms with Gasteiger partial charge in [0.1, 0.15) is 12.4 Å². The number of carbonyl (C=O) groups is 2. The molecule has 8 nitrogen and oxygen atoms in total. The molecule has 0 saturated heterocycles. The Kier molecular flexibility index (Phi) is 5.20. The second kappa shape index (κ2) is 7.39. The van der Waals surface area contributed by atoms with Crippen molar-refractivity contribution in [1.82, 2.24) is 24.5 Å². The smallest absolute Gasteiger partial charge is 0.325 e. The van der Waals surface area contributed by atoms with Crippen molar-refractivity contribution in [3.8, 4) is 0 Å². The Hall–Kier alpha value is -2.51. The molecular weight excluding hydrogens is 334 g/mol. The van der Waals surface area contributed by atoms with Crippen molar-refractivity contribution < 1.29 is 14.7 Å². The number of Topliss-reactive ketones (excluding diaryl/α,β-unsaturated/α-hetero) is 1. The van der Waals surface area contributed by atoms with E-state index in [0.29, 0.717) is 36.0 Å². The van der Waals surface area contributed by atoms with Gasteiger partial charge in [-0.3, -0.25) is 14.3 Å². The van der Waals surface area contributed by atoms with E-state index in [0.717, 1.165) is 24.4 Å². The fourth-order valence-electron chi connectivity index (χ4n) is 3.82. The highest BCUT2D eigenvalue weighted by atomic mass is 16.4. The average Bonchev–Trinajstić information content (AvgIpc) is 3.24. The summed E-state index contributed by atoms with van der Waals surface area (Å²) >= 11 is 0. The van der Waals surface area contributed by atoms with E-state index >= 15 is 0 Å². The first-order valence-corrected chi connectivity index (χ1v) is 9.07. The number of carboxylic acids is 1. The quantitative estimate of drug-likeness (QED) is 0.761. The van der Waals surface area contributed by atoms with Gasteiger partial charge in [-0.1, -0.05) is 12.8 Å². The molecule has 0 radical (unpaired) electrons. The minimum Gasteiger partial charge on any atom is -0.480 e. The molecule has 1 aliphatic carbocycles. The summed E-state index contributed by atoms with van der Waals surface area (Å²) in [6, 6.07) is 0. The van der Waals surface area contributed by atoms with Crippen molar-refractivity contribution in [3.63, 3.8) is 0 Å². The van der Waals surface area contributed by atoms with Gasteiger partial charge >= 0.3 is 5.97 Å². The fourth-order valence-corrected chi connectivity index (χ4v) is 3.82. The molecule has 1 N–H and O–H groups in total. The molecule has 0 amide bonds. The molecule has 0 aliphatic heterocycles. The highest BCUT2D eigenvalue weighted by molar-refractivity contribution is 5.96. The van der Waals surface area contributed by atoms with E-state index in [4.69, 9.17) is 5.11 Å². The van der Waals surface area contributed by atoms with Crippen molar-refractivity contribution in [2.45, 2.75) is 71.9 Å². The van der Waals surface area contributed by atoms with Crippen LogP contribution < -0.4 is 0 Å². The first-order valence-electron chi connectivity index (χ1n) is 9.07. The lowest BCUT2D eigenvalue weighted by Crippen LogP contribution is -2.16. The number of carboxylic acid groups (broad SMARTS) is 1. The number of aliphatic carboxylic acids is 1. The van der Waals surface area contributed by atoms with Crippen LogP contribution in [0.25, 0.3) is 0 Å². The maximum atomic E-state index is 11.8. The molecule has 2 aromatic heterocycles. The summed E-state index contributed by atoms with van der Waals surface area (Å²) in [6.45, 7) is 5.58. The van der Waals surface area contributed by atoms with E-state index in [2.05, 4.69) is 15.2 Å². The Morgan fingerprint density at radius 3 is 2.42 bits per heavy atom. The van der Waals surface area contributed by atoms with Crippen molar-refractivity contribution in [2.24, 2.45) is 0 Å². The predicted molar refractivity (Wildman–Crippen MR) is 94.3 cm³/mol. The molecule has 8 heteroatoms. The van der Waals surface area contributed by atoms with Crippen LogP contribution in [-0.4, -0.2) is 41.4 Å². The first kappa shape index (κ1) is 18.3. The SMILES string of the molecule is CC(=O)c1c(C)nn(CCc2nc(C3CCCC3)nn2CC(=O)O)c1C. The van der Waals surface area contributed by atoms with Crippen LogP contribution >= 0.6 is 0 Å². The zero-order valence-electron chi connectivity index (χ0n) is 15.5. The summed E-state index contributed by atoms with van der Waals surface area (Å²) in [5, 5.41) is 18.1. The van der Waals surface area contributed by atoms with Gasteiger partial charge in [-0.05, 0) is 33.6 Å². The lowest BCUT2D eigenvalue weighted by molar-refractivity contribution is -0.137. The summed E-state index contributed by atoms with van der Waals surface area (Å²) in [4.78, 5) is 27.5. The van der Waals surface area contributed by atoms with Gasteiger partial charge in [0.05, 0.1) is 11.3 Å². The average molecular weight is 359 g/mol. The van der Waals surface area contributed by atoms with Crippen LogP contribution in [0, 0.1) is 13.8 Å². The molecule has 2 heterocycles. The standard InChI is InChI=1S/C18H25N5O3/c1-11-17(13(3)24)12(2)22(20-11)9-8-15-19-18(14-6-4-5-7-14)21-23(15)10-16(25)26/h14H,4-10H2,1-3H3,(H,25,26). The molecule has 1 fully saturated rings. The lowest BCUT2D eigenvalue weighted by atomic mass is 10.1. The molecule has 1 saturated carbocycles. The largest absolute Gasteiger partial charge is 0.480 e. The highest BCUT2D eigenvalue weighted by Gasteiger charge is 2.24. The Morgan fingerprint density at radius 1 is 1.15 bits per heavy atom. The van der Waals surface area contributed by atoms with Gasteiger partial charge in [-0.15, -0.1) is 0 Å². The van der Waals surface area contributed by atoms with Crippen molar-refractivity contribution in [2.75, 3.05) is 0 Å². The van der Waals surface area contributed by atoms with E-state index in [1.165, 1.54) is 17.5 Å². The van der Waals surface area contributed by atoms with Crippen LogP contribution in [0.4, 0.5) is 0 Å². The zero-order chi connectivity index (χ0) is 18.8. The van der Waals surface area contributed by atoms with Gasteiger partial charge in [0.15, 0.2) is 11.6 Å². The third-order valence-electron chi connectivity index (χ3n) is 5.05. The third kappa shape index (κ3) is 3.68. The first-order chi connectivity index (χ1) is 12.4. The highest BCUT2D eigenvalue weighted by Crippen LogP contribution is 2.32. The number of hydrogen-bond acceptors (Lipinski definition) is 5. The maximum Gasteiger partial charge on any atom is 0.325 e. The third-order valence-corrected chi connectivity index (χ3v) is 5.05. The number of rotatable bonds is 7. The maximum absolute atomic E-state index is 11.8. The van der Waals surface area contributed by atoms with Gasteiger partial charge in [-0.25, -0.2) is 9.67 Å². The number of ketones is 1. The van der Waals surface area contributed by atoms with Gasteiger partial charge in [0, 0.05) is 24.6 Å². The van der Waals surface area contributed by atoms with E-state index in [9.17, 15) is 9.59 Å². The van der Waals surface area contributed by atoms with Crippen LogP contribution in [-0.2, 0) is 24.3 Å². The van der Waals surface area contributed by atoms with Crippen LogP contribution in [0.3, 0.4) is 0 Å². The minimum absolute atomic E-state index is 0.00353. The van der Waals surface area contributed by atoms with Crippen molar-refractivity contribution in [1.29, 1.82) is 0 Å². The topological polar surface area (TPSA) is 103 Å². The monoisotopic (exact) mass is 359 g/mol. The number of hydrogen-bond donors (Lipinski definition) is 1. The van der Waals surface area contributed by atoms with Crippen LogP contribution in [0.1, 0.15) is 71.9 Å². The Bertz CT molecular complexity index is 830. The number of carbonyl (C=O) groups excluding carboxylic acids is 1. The summed E-state index contributed by atoms with van der Waals surface area (Å²) in [5.41, 5.74) is 2.20. The molecule has 0 unspecified atom stereocenters. The second-order valence-electron chi connectivity index (χ2n) is 6.99. The fraction of sp³-hybridized carbons (Fsp3) is 0.611. The molecule has 0 atom stereocenters. The van der Waals surface area contributed by atoms with Crippen LogP contribution in [0.2, 0.25) is 0 Å². The molecule has 0 bridgehead atoms. The number of aromatic nitrogens is 5. The zero-order valence-corrected chi connectivity index (χ0v) is 15.5. The Balaban J connectivity index is 1.81. The van der Waals surface area contributed by atoms with E-state index in [1.54, 1.807) is 11.6 Å². The molecule has 3 rings (SSSR count). The Morgan fingerprint density at radius 2 is 1.85 bits per heavy atom. The number of nitrogens with zero attached hydrogens (tertiary/aromatic N) is 5. The summed E-state index contributed by atoms with van der Waals surface area (Å²) in [7, 11) is 0.